The second-order valence-electron chi connectivity index (χ2n) is 15.7. The highest BCUT2D eigenvalue weighted by atomic mass is 31.2. The molecule has 0 amide bonds. The number of aliphatic hydroxyl groups is 2. The van der Waals surface area contributed by atoms with E-state index in [2.05, 4.69) is 13.8 Å². The first-order chi connectivity index (χ1) is 23.8. The third-order valence-electron chi connectivity index (χ3n) is 9.64. The normalized spacial score (nSPS) is 14.6. The number of hydrogen-bond acceptors (Lipinski definition) is 7. The molecular formula is C40H81NO8P+. The molecule has 0 fully saturated rings. The van der Waals surface area contributed by atoms with Crippen molar-refractivity contribution in [2.24, 2.45) is 5.92 Å². The van der Waals surface area contributed by atoms with Crippen LogP contribution in [-0.4, -0.2) is 77.8 Å². The highest BCUT2D eigenvalue weighted by Gasteiger charge is 2.40. The van der Waals surface area contributed by atoms with Crippen molar-refractivity contribution in [1.82, 2.24) is 0 Å². The molecule has 0 heterocycles. The number of unbranched alkanes of at least 4 members (excludes halogenated alkanes) is 24. The van der Waals surface area contributed by atoms with E-state index in [-0.39, 0.29) is 19.4 Å². The van der Waals surface area contributed by atoms with E-state index >= 15 is 0 Å². The first-order valence-corrected chi connectivity index (χ1v) is 22.2. The van der Waals surface area contributed by atoms with Crippen LogP contribution < -0.4 is 0 Å². The fourth-order valence-electron chi connectivity index (χ4n) is 6.33. The van der Waals surface area contributed by atoms with Gasteiger partial charge in [0, 0.05) is 12.8 Å². The summed E-state index contributed by atoms with van der Waals surface area (Å²) in [6.45, 7) is 4.77. The molecule has 3 atom stereocenters. The summed E-state index contributed by atoms with van der Waals surface area (Å²) in [7, 11) is 0.938. The SMILES string of the molecule is CCCCCCCCCCCCCCCC(=O)C(C(=O)CCCCCCCCCCCCCCC)C(O)C(O)OP(=O)(O)OCC[N+](C)(C)C. The van der Waals surface area contributed by atoms with E-state index in [9.17, 15) is 29.3 Å². The van der Waals surface area contributed by atoms with Gasteiger partial charge in [0.25, 0.3) is 0 Å². The number of aliphatic hydroxyl groups excluding tert-OH is 2. The molecule has 0 rings (SSSR count). The van der Waals surface area contributed by atoms with Crippen molar-refractivity contribution in [3.63, 3.8) is 0 Å². The van der Waals surface area contributed by atoms with Gasteiger partial charge in [-0.3, -0.25) is 18.6 Å². The number of carbonyl (C=O) groups is 2. The van der Waals surface area contributed by atoms with Crippen LogP contribution in [0.3, 0.4) is 0 Å². The van der Waals surface area contributed by atoms with Gasteiger partial charge in [0.05, 0.1) is 21.1 Å². The molecule has 10 heteroatoms. The van der Waals surface area contributed by atoms with Crippen LogP contribution in [0.5, 0.6) is 0 Å². The van der Waals surface area contributed by atoms with Gasteiger partial charge in [-0.15, -0.1) is 0 Å². The third kappa shape index (κ3) is 29.9. The topological polar surface area (TPSA) is 130 Å². The summed E-state index contributed by atoms with van der Waals surface area (Å²) >= 11 is 0. The van der Waals surface area contributed by atoms with Gasteiger partial charge < -0.3 is 19.6 Å². The molecule has 0 aliphatic rings. The number of Topliss-reactive ketones (excluding diaryl/α,β-unsaturated/α-hetero) is 2. The van der Waals surface area contributed by atoms with Crippen LogP contribution in [0.15, 0.2) is 0 Å². The van der Waals surface area contributed by atoms with Gasteiger partial charge in [0.1, 0.15) is 36.7 Å². The number of quaternary nitrogens is 1. The first kappa shape index (κ1) is 49.3. The molecule has 3 unspecified atom stereocenters. The first-order valence-electron chi connectivity index (χ1n) is 20.7. The molecular weight excluding hydrogens is 653 g/mol. The molecule has 0 aromatic heterocycles. The van der Waals surface area contributed by atoms with Crippen LogP contribution >= 0.6 is 7.82 Å². The molecule has 0 aliphatic heterocycles. The molecule has 0 saturated heterocycles. The highest BCUT2D eigenvalue weighted by Crippen LogP contribution is 2.45. The zero-order valence-electron chi connectivity index (χ0n) is 33.2. The summed E-state index contributed by atoms with van der Waals surface area (Å²) in [6, 6.07) is 0. The summed E-state index contributed by atoms with van der Waals surface area (Å²) in [5.41, 5.74) is 0. The Hall–Kier alpha value is -0.670. The molecule has 9 nitrogen and oxygen atoms in total. The van der Waals surface area contributed by atoms with E-state index in [1.165, 1.54) is 116 Å². The Morgan fingerprint density at radius 1 is 0.560 bits per heavy atom. The van der Waals surface area contributed by atoms with Crippen molar-refractivity contribution in [3.8, 4) is 0 Å². The van der Waals surface area contributed by atoms with Crippen molar-refractivity contribution in [3.05, 3.63) is 0 Å². The Kier molecular flexibility index (Phi) is 31.4. The van der Waals surface area contributed by atoms with Crippen LogP contribution in [0.1, 0.15) is 194 Å². The number of carbonyl (C=O) groups excluding carboxylic acids is 2. The molecule has 0 aliphatic carbocycles. The number of rotatable bonds is 38. The van der Waals surface area contributed by atoms with Gasteiger partial charge in [-0.25, -0.2) is 4.57 Å². The minimum absolute atomic E-state index is 0.105. The molecule has 0 radical (unpaired) electrons. The zero-order chi connectivity index (χ0) is 37.5. The van der Waals surface area contributed by atoms with Crippen molar-refractivity contribution in [1.29, 1.82) is 0 Å². The Balaban J connectivity index is 4.75. The van der Waals surface area contributed by atoms with E-state index in [1.54, 1.807) is 0 Å². The zero-order valence-corrected chi connectivity index (χ0v) is 34.1. The van der Waals surface area contributed by atoms with Crippen LogP contribution in [0.4, 0.5) is 0 Å². The lowest BCUT2D eigenvalue weighted by Crippen LogP contribution is -2.43. The molecule has 298 valence electrons. The van der Waals surface area contributed by atoms with E-state index in [0.717, 1.165) is 38.5 Å². The lowest BCUT2D eigenvalue weighted by atomic mass is 9.87. The quantitative estimate of drug-likeness (QED) is 0.0188. The van der Waals surface area contributed by atoms with E-state index < -0.39 is 37.7 Å². The van der Waals surface area contributed by atoms with Crippen molar-refractivity contribution >= 4 is 19.4 Å². The Bertz CT molecular complexity index is 823. The number of phosphoric ester groups is 1. The third-order valence-corrected chi connectivity index (χ3v) is 10.6. The summed E-state index contributed by atoms with van der Waals surface area (Å²) in [6.07, 6.45) is 26.4. The van der Waals surface area contributed by atoms with Gasteiger partial charge in [-0.1, -0.05) is 168 Å². The summed E-state index contributed by atoms with van der Waals surface area (Å²) in [5.74, 6) is -2.42. The highest BCUT2D eigenvalue weighted by molar-refractivity contribution is 7.47. The lowest BCUT2D eigenvalue weighted by Gasteiger charge is -2.27. The van der Waals surface area contributed by atoms with E-state index in [4.69, 9.17) is 9.05 Å². The smallest absolute Gasteiger partial charge is 0.387 e. The maximum absolute atomic E-state index is 13.3. The number of hydrogen-bond donors (Lipinski definition) is 3. The van der Waals surface area contributed by atoms with Crippen LogP contribution in [0.2, 0.25) is 0 Å². The number of ketones is 2. The van der Waals surface area contributed by atoms with Gasteiger partial charge in [0.15, 0.2) is 6.29 Å². The molecule has 0 aromatic carbocycles. The molecule has 0 bridgehead atoms. The van der Waals surface area contributed by atoms with Crippen LogP contribution in [0, 0.1) is 5.92 Å². The maximum Gasteiger partial charge on any atom is 0.474 e. The monoisotopic (exact) mass is 735 g/mol. The van der Waals surface area contributed by atoms with Gasteiger partial charge in [-0.05, 0) is 12.8 Å². The van der Waals surface area contributed by atoms with Crippen LogP contribution in [0.25, 0.3) is 0 Å². The predicted octanol–water partition coefficient (Wildman–Crippen LogP) is 10.2. The van der Waals surface area contributed by atoms with Crippen molar-refractivity contribution in [2.75, 3.05) is 34.3 Å². The standard InChI is InChI=1S/C40H80NO8P/c1-6-8-10-12-14-16-18-20-22-24-26-28-30-32-36(42)38(39(44)40(45)49-50(46,47)48-35-34-41(3,4)5)37(43)33-31-29-27-25-23-21-19-17-15-13-11-9-7-2/h38-40,44-45H,6-35H2,1-5H3/p+1. The maximum atomic E-state index is 13.3. The fraction of sp³-hybridized carbons (Fsp3) is 0.950. The molecule has 50 heavy (non-hydrogen) atoms. The van der Waals surface area contributed by atoms with Gasteiger partial charge in [0.2, 0.25) is 0 Å². The molecule has 0 aromatic rings. The molecule has 0 saturated carbocycles. The molecule has 3 N–H and O–H groups in total. The minimum atomic E-state index is -4.73. The second-order valence-corrected chi connectivity index (χ2v) is 17.1. The minimum Gasteiger partial charge on any atom is -0.387 e. The Morgan fingerprint density at radius 3 is 1.16 bits per heavy atom. The lowest BCUT2D eigenvalue weighted by molar-refractivity contribution is -0.870. The summed E-state index contributed by atoms with van der Waals surface area (Å²) in [5, 5.41) is 21.5. The number of phosphoric acid groups is 1. The Morgan fingerprint density at radius 2 is 0.860 bits per heavy atom. The van der Waals surface area contributed by atoms with E-state index in [0.29, 0.717) is 23.9 Å². The van der Waals surface area contributed by atoms with Gasteiger partial charge >= 0.3 is 7.82 Å². The van der Waals surface area contributed by atoms with Gasteiger partial charge in [-0.2, -0.15) is 0 Å². The Labute approximate surface area is 307 Å². The largest absolute Gasteiger partial charge is 0.474 e. The summed E-state index contributed by atoms with van der Waals surface area (Å²) in [4.78, 5) is 36.7. The number of nitrogens with zero attached hydrogens (tertiary/aromatic N) is 1. The van der Waals surface area contributed by atoms with Crippen LogP contribution in [-0.2, 0) is 23.2 Å². The summed E-state index contributed by atoms with van der Waals surface area (Å²) < 4.78 is 22.7. The second kappa shape index (κ2) is 31.8. The average molecular weight is 735 g/mol. The van der Waals surface area contributed by atoms with Crippen molar-refractivity contribution in [2.45, 2.75) is 206 Å². The van der Waals surface area contributed by atoms with E-state index in [1.807, 2.05) is 21.1 Å². The fourth-order valence-corrected chi connectivity index (χ4v) is 7.10. The molecule has 0 spiro atoms. The predicted molar refractivity (Wildman–Crippen MR) is 206 cm³/mol. The average Bonchev–Trinajstić information content (AvgIpc) is 3.04. The van der Waals surface area contributed by atoms with Crippen molar-refractivity contribution < 1.29 is 42.8 Å². The number of likely N-dealkylation sites (N-methyl/N-ethyl adjacent to an activating group) is 1.